The van der Waals surface area contributed by atoms with Gasteiger partial charge in [-0.05, 0) is 33.7 Å². The van der Waals surface area contributed by atoms with Crippen LogP contribution < -0.4 is 5.32 Å². The van der Waals surface area contributed by atoms with E-state index in [-0.39, 0.29) is 11.6 Å². The zero-order valence-electron chi connectivity index (χ0n) is 13.4. The van der Waals surface area contributed by atoms with E-state index in [2.05, 4.69) is 12.2 Å². The average Bonchev–Trinajstić information content (AvgIpc) is 2.29. The van der Waals surface area contributed by atoms with Crippen molar-refractivity contribution in [1.82, 2.24) is 5.32 Å². The first kappa shape index (κ1) is 18.4. The lowest BCUT2D eigenvalue weighted by atomic mass is 10.1. The molecule has 0 unspecified atom stereocenters. The standard InChI is InChI=1S/C16H33NO2/c1-5-6-7-8-9-10-11-12-13-17-14-15(18)19-16(2,3)4/h17H,5-14H2,1-4H3. The van der Waals surface area contributed by atoms with E-state index in [1.54, 1.807) is 0 Å². The summed E-state index contributed by atoms with van der Waals surface area (Å²) in [6, 6.07) is 0. The van der Waals surface area contributed by atoms with Gasteiger partial charge in [0.05, 0.1) is 6.54 Å². The van der Waals surface area contributed by atoms with Gasteiger partial charge in [-0.15, -0.1) is 0 Å². The molecule has 0 aromatic carbocycles. The fraction of sp³-hybridized carbons (Fsp3) is 0.938. The maximum Gasteiger partial charge on any atom is 0.320 e. The summed E-state index contributed by atoms with van der Waals surface area (Å²) in [5.41, 5.74) is -0.378. The Morgan fingerprint density at radius 2 is 1.47 bits per heavy atom. The highest BCUT2D eigenvalue weighted by Crippen LogP contribution is 2.08. The Balaban J connectivity index is 3.21. The lowest BCUT2D eigenvalue weighted by Gasteiger charge is -2.19. The van der Waals surface area contributed by atoms with Crippen LogP contribution in [0.25, 0.3) is 0 Å². The molecule has 19 heavy (non-hydrogen) atoms. The molecule has 0 aliphatic carbocycles. The van der Waals surface area contributed by atoms with E-state index in [0.717, 1.165) is 13.0 Å². The van der Waals surface area contributed by atoms with Gasteiger partial charge in [-0.1, -0.05) is 51.9 Å². The van der Waals surface area contributed by atoms with E-state index in [0.29, 0.717) is 6.54 Å². The number of nitrogens with one attached hydrogen (secondary N) is 1. The van der Waals surface area contributed by atoms with E-state index in [9.17, 15) is 4.79 Å². The van der Waals surface area contributed by atoms with Gasteiger partial charge in [0, 0.05) is 0 Å². The Kier molecular flexibility index (Phi) is 10.9. The van der Waals surface area contributed by atoms with Gasteiger partial charge in [-0.25, -0.2) is 0 Å². The van der Waals surface area contributed by atoms with E-state index in [1.165, 1.54) is 44.9 Å². The van der Waals surface area contributed by atoms with Crippen LogP contribution in [0.2, 0.25) is 0 Å². The minimum absolute atomic E-state index is 0.160. The van der Waals surface area contributed by atoms with Crippen molar-refractivity contribution in [3.8, 4) is 0 Å². The van der Waals surface area contributed by atoms with Gasteiger partial charge in [-0.3, -0.25) is 4.79 Å². The lowest BCUT2D eigenvalue weighted by Crippen LogP contribution is -2.31. The third kappa shape index (κ3) is 15.4. The lowest BCUT2D eigenvalue weighted by molar-refractivity contribution is -0.153. The second-order valence-electron chi connectivity index (χ2n) is 6.24. The zero-order valence-corrected chi connectivity index (χ0v) is 13.4. The Morgan fingerprint density at radius 3 is 2.00 bits per heavy atom. The molecule has 0 fully saturated rings. The Labute approximate surface area is 119 Å². The quantitative estimate of drug-likeness (QED) is 0.455. The molecule has 0 saturated heterocycles. The third-order valence-corrected chi connectivity index (χ3v) is 2.90. The van der Waals surface area contributed by atoms with Crippen molar-refractivity contribution in [2.45, 2.75) is 84.7 Å². The summed E-state index contributed by atoms with van der Waals surface area (Å²) in [6.45, 7) is 9.16. The second-order valence-corrected chi connectivity index (χ2v) is 6.24. The maximum absolute atomic E-state index is 11.4. The van der Waals surface area contributed by atoms with Gasteiger partial charge in [0.2, 0.25) is 0 Å². The van der Waals surface area contributed by atoms with Crippen LogP contribution in [0.15, 0.2) is 0 Å². The molecule has 0 bridgehead atoms. The molecular formula is C16H33NO2. The van der Waals surface area contributed by atoms with Crippen LogP contribution in [-0.2, 0) is 9.53 Å². The summed E-state index contributed by atoms with van der Waals surface area (Å²) in [7, 11) is 0. The molecule has 1 N–H and O–H groups in total. The predicted octanol–water partition coefficient (Wildman–Crippen LogP) is 4.06. The van der Waals surface area contributed by atoms with Crippen molar-refractivity contribution in [2.24, 2.45) is 0 Å². The SMILES string of the molecule is CCCCCCCCCCNCC(=O)OC(C)(C)C. The van der Waals surface area contributed by atoms with Crippen LogP contribution in [0.3, 0.4) is 0 Å². The van der Waals surface area contributed by atoms with E-state index < -0.39 is 0 Å². The molecule has 3 heteroatoms. The number of unbranched alkanes of at least 4 members (excludes halogenated alkanes) is 7. The smallest absolute Gasteiger partial charge is 0.320 e. The number of rotatable bonds is 11. The van der Waals surface area contributed by atoms with Gasteiger partial charge in [0.15, 0.2) is 0 Å². The molecule has 0 aromatic rings. The first-order valence-corrected chi connectivity index (χ1v) is 7.88. The van der Waals surface area contributed by atoms with Crippen LogP contribution in [-0.4, -0.2) is 24.7 Å². The molecule has 0 saturated carbocycles. The first-order chi connectivity index (χ1) is 8.95. The largest absolute Gasteiger partial charge is 0.459 e. The molecular weight excluding hydrogens is 238 g/mol. The minimum Gasteiger partial charge on any atom is -0.459 e. The normalized spacial score (nSPS) is 11.6. The monoisotopic (exact) mass is 271 g/mol. The van der Waals surface area contributed by atoms with Crippen molar-refractivity contribution in [3.05, 3.63) is 0 Å². The first-order valence-electron chi connectivity index (χ1n) is 7.88. The Morgan fingerprint density at radius 1 is 0.947 bits per heavy atom. The molecule has 0 heterocycles. The van der Waals surface area contributed by atoms with Gasteiger partial charge >= 0.3 is 5.97 Å². The highest BCUT2D eigenvalue weighted by atomic mass is 16.6. The van der Waals surface area contributed by atoms with Gasteiger partial charge in [-0.2, -0.15) is 0 Å². The number of hydrogen-bond acceptors (Lipinski definition) is 3. The van der Waals surface area contributed by atoms with Gasteiger partial charge in [0.1, 0.15) is 5.60 Å². The van der Waals surface area contributed by atoms with Crippen molar-refractivity contribution in [2.75, 3.05) is 13.1 Å². The molecule has 0 aliphatic heterocycles. The molecule has 0 aliphatic rings. The summed E-state index contributed by atoms with van der Waals surface area (Å²) in [5.74, 6) is -0.160. The molecule has 0 amide bonds. The fourth-order valence-electron chi connectivity index (χ4n) is 1.95. The fourth-order valence-corrected chi connectivity index (χ4v) is 1.95. The molecule has 0 spiro atoms. The van der Waals surface area contributed by atoms with Crippen LogP contribution in [0.1, 0.15) is 79.1 Å². The molecule has 0 radical (unpaired) electrons. The molecule has 0 atom stereocenters. The number of hydrogen-bond donors (Lipinski definition) is 1. The molecule has 3 nitrogen and oxygen atoms in total. The molecule has 114 valence electrons. The molecule has 0 aromatic heterocycles. The van der Waals surface area contributed by atoms with Crippen LogP contribution >= 0.6 is 0 Å². The van der Waals surface area contributed by atoms with E-state index >= 15 is 0 Å². The van der Waals surface area contributed by atoms with Crippen molar-refractivity contribution < 1.29 is 9.53 Å². The van der Waals surface area contributed by atoms with E-state index in [1.807, 2.05) is 20.8 Å². The van der Waals surface area contributed by atoms with Crippen molar-refractivity contribution in [1.29, 1.82) is 0 Å². The van der Waals surface area contributed by atoms with Crippen molar-refractivity contribution >= 4 is 5.97 Å². The van der Waals surface area contributed by atoms with Gasteiger partial charge in [0.25, 0.3) is 0 Å². The summed E-state index contributed by atoms with van der Waals surface area (Å²) >= 11 is 0. The van der Waals surface area contributed by atoms with E-state index in [4.69, 9.17) is 4.74 Å². The summed E-state index contributed by atoms with van der Waals surface area (Å²) in [5, 5.41) is 3.14. The third-order valence-electron chi connectivity index (χ3n) is 2.90. The number of carbonyl (C=O) groups excluding carboxylic acids is 1. The number of esters is 1. The van der Waals surface area contributed by atoms with Crippen LogP contribution in [0.4, 0.5) is 0 Å². The van der Waals surface area contributed by atoms with Crippen LogP contribution in [0, 0.1) is 0 Å². The summed E-state index contributed by atoms with van der Waals surface area (Å²) in [6.07, 6.45) is 10.5. The highest BCUT2D eigenvalue weighted by Gasteiger charge is 2.15. The summed E-state index contributed by atoms with van der Waals surface area (Å²) < 4.78 is 5.22. The van der Waals surface area contributed by atoms with Crippen molar-refractivity contribution in [3.63, 3.8) is 0 Å². The zero-order chi connectivity index (χ0) is 14.6. The number of carbonyl (C=O) groups is 1. The maximum atomic E-state index is 11.4. The number of ether oxygens (including phenoxy) is 1. The minimum atomic E-state index is -0.378. The van der Waals surface area contributed by atoms with Crippen LogP contribution in [0.5, 0.6) is 0 Å². The Bertz CT molecular complexity index is 221. The highest BCUT2D eigenvalue weighted by molar-refractivity contribution is 5.72. The molecule has 0 rings (SSSR count). The topological polar surface area (TPSA) is 38.3 Å². The predicted molar refractivity (Wildman–Crippen MR) is 81.3 cm³/mol. The summed E-state index contributed by atoms with van der Waals surface area (Å²) in [4.78, 5) is 11.4. The average molecular weight is 271 g/mol. The van der Waals surface area contributed by atoms with Gasteiger partial charge < -0.3 is 10.1 Å². The Hall–Kier alpha value is -0.570. The second kappa shape index (κ2) is 11.3.